The fraction of sp³-hybridized carbons (Fsp3) is 0.667. The SMILES string of the molecule is CC[C@H](Oc1cc(C)ccc1C)C(=O)NCCCN1CCCCCC1. The lowest BCUT2D eigenvalue weighted by Gasteiger charge is -2.21. The Balaban J connectivity index is 1.74. The van der Waals surface area contributed by atoms with Crippen molar-refractivity contribution in [2.24, 2.45) is 0 Å². The Morgan fingerprint density at radius 1 is 1.20 bits per heavy atom. The summed E-state index contributed by atoms with van der Waals surface area (Å²) in [5.74, 6) is 0.811. The number of rotatable bonds is 8. The van der Waals surface area contributed by atoms with E-state index in [1.165, 1.54) is 38.8 Å². The molecule has 1 amide bonds. The fourth-order valence-corrected chi connectivity index (χ4v) is 3.30. The second-order valence-electron chi connectivity index (χ2n) is 7.18. The largest absolute Gasteiger partial charge is 0.480 e. The third kappa shape index (κ3) is 6.69. The number of benzene rings is 1. The highest BCUT2D eigenvalue weighted by molar-refractivity contribution is 5.81. The number of hydrogen-bond donors (Lipinski definition) is 1. The van der Waals surface area contributed by atoms with Gasteiger partial charge in [-0.1, -0.05) is 31.9 Å². The summed E-state index contributed by atoms with van der Waals surface area (Å²) in [7, 11) is 0. The first-order valence-corrected chi connectivity index (χ1v) is 9.84. The molecule has 1 fully saturated rings. The molecule has 1 aliphatic heterocycles. The summed E-state index contributed by atoms with van der Waals surface area (Å²) < 4.78 is 5.98. The van der Waals surface area contributed by atoms with Gasteiger partial charge < -0.3 is 15.0 Å². The number of amides is 1. The first-order valence-electron chi connectivity index (χ1n) is 9.84. The predicted molar refractivity (Wildman–Crippen MR) is 103 cm³/mol. The average Bonchev–Trinajstić information content (AvgIpc) is 2.88. The Hall–Kier alpha value is -1.55. The summed E-state index contributed by atoms with van der Waals surface area (Å²) in [6.45, 7) is 10.3. The topological polar surface area (TPSA) is 41.6 Å². The van der Waals surface area contributed by atoms with Gasteiger partial charge in [0.1, 0.15) is 5.75 Å². The van der Waals surface area contributed by atoms with Crippen LogP contribution in [0.1, 0.15) is 56.6 Å². The van der Waals surface area contributed by atoms with Gasteiger partial charge in [-0.25, -0.2) is 0 Å². The van der Waals surface area contributed by atoms with Crippen LogP contribution in [0.5, 0.6) is 5.75 Å². The maximum atomic E-state index is 12.4. The Labute approximate surface area is 152 Å². The number of likely N-dealkylation sites (tertiary alicyclic amines) is 1. The Bertz CT molecular complexity index is 537. The molecule has 4 nitrogen and oxygen atoms in total. The highest BCUT2D eigenvalue weighted by atomic mass is 16.5. The molecule has 0 spiro atoms. The normalized spacial score (nSPS) is 16.9. The van der Waals surface area contributed by atoms with E-state index in [0.717, 1.165) is 36.4 Å². The van der Waals surface area contributed by atoms with Crippen molar-refractivity contribution in [1.29, 1.82) is 0 Å². The van der Waals surface area contributed by atoms with Crippen LogP contribution in [0.25, 0.3) is 0 Å². The van der Waals surface area contributed by atoms with Gasteiger partial charge >= 0.3 is 0 Å². The Kier molecular flexibility index (Phi) is 8.26. The van der Waals surface area contributed by atoms with Crippen LogP contribution in [0, 0.1) is 13.8 Å². The van der Waals surface area contributed by atoms with Gasteiger partial charge in [-0.2, -0.15) is 0 Å². The van der Waals surface area contributed by atoms with E-state index in [0.29, 0.717) is 6.42 Å². The molecule has 0 aliphatic carbocycles. The molecule has 0 radical (unpaired) electrons. The minimum Gasteiger partial charge on any atom is -0.480 e. The lowest BCUT2D eigenvalue weighted by molar-refractivity contribution is -0.128. The summed E-state index contributed by atoms with van der Waals surface area (Å²) in [5, 5.41) is 3.05. The number of hydrogen-bond acceptors (Lipinski definition) is 3. The van der Waals surface area contributed by atoms with Crippen molar-refractivity contribution in [3.05, 3.63) is 29.3 Å². The number of carbonyl (C=O) groups excluding carboxylic acids is 1. The molecule has 0 bridgehead atoms. The zero-order valence-corrected chi connectivity index (χ0v) is 16.1. The van der Waals surface area contributed by atoms with Gasteiger partial charge in [-0.3, -0.25) is 4.79 Å². The summed E-state index contributed by atoms with van der Waals surface area (Å²) in [6, 6.07) is 6.10. The average molecular weight is 347 g/mol. The molecule has 25 heavy (non-hydrogen) atoms. The van der Waals surface area contributed by atoms with E-state index in [9.17, 15) is 4.79 Å². The maximum absolute atomic E-state index is 12.4. The molecule has 1 saturated heterocycles. The molecule has 2 rings (SSSR count). The van der Waals surface area contributed by atoms with Gasteiger partial charge in [-0.15, -0.1) is 0 Å². The predicted octanol–water partition coefficient (Wildman–Crippen LogP) is 3.84. The molecule has 1 aromatic carbocycles. The number of aryl methyl sites for hydroxylation is 2. The molecule has 1 aromatic rings. The lowest BCUT2D eigenvalue weighted by atomic mass is 10.1. The third-order valence-electron chi connectivity index (χ3n) is 4.93. The molecule has 1 atom stereocenters. The molecule has 4 heteroatoms. The standard InChI is InChI=1S/C21H34N2O2/c1-4-19(25-20-16-17(2)10-11-18(20)3)21(24)22-12-9-15-23-13-7-5-6-8-14-23/h10-11,16,19H,4-9,12-15H2,1-3H3,(H,22,24)/t19-/m0/s1. The van der Waals surface area contributed by atoms with E-state index in [-0.39, 0.29) is 5.91 Å². The van der Waals surface area contributed by atoms with Crippen LogP contribution >= 0.6 is 0 Å². The van der Waals surface area contributed by atoms with Crippen LogP contribution in [-0.4, -0.2) is 43.1 Å². The molecule has 0 unspecified atom stereocenters. The first kappa shape index (κ1) is 19.8. The van der Waals surface area contributed by atoms with Crippen LogP contribution in [0.4, 0.5) is 0 Å². The van der Waals surface area contributed by atoms with Gasteiger partial charge in [0.2, 0.25) is 0 Å². The molecule has 0 saturated carbocycles. The lowest BCUT2D eigenvalue weighted by Crippen LogP contribution is -2.39. The van der Waals surface area contributed by atoms with Crippen molar-refractivity contribution in [3.8, 4) is 5.75 Å². The van der Waals surface area contributed by atoms with Crippen molar-refractivity contribution in [2.45, 2.75) is 65.4 Å². The van der Waals surface area contributed by atoms with Gasteiger partial charge in [0.15, 0.2) is 6.10 Å². The van der Waals surface area contributed by atoms with Gasteiger partial charge in [0.05, 0.1) is 0 Å². The van der Waals surface area contributed by atoms with Crippen LogP contribution in [-0.2, 0) is 4.79 Å². The molecule has 1 N–H and O–H groups in total. The van der Waals surface area contributed by atoms with Crippen molar-refractivity contribution in [1.82, 2.24) is 10.2 Å². The highest BCUT2D eigenvalue weighted by Gasteiger charge is 2.19. The van der Waals surface area contributed by atoms with Crippen molar-refractivity contribution >= 4 is 5.91 Å². The van der Waals surface area contributed by atoms with E-state index < -0.39 is 6.10 Å². The zero-order chi connectivity index (χ0) is 18.1. The van der Waals surface area contributed by atoms with E-state index >= 15 is 0 Å². The number of carbonyl (C=O) groups is 1. The van der Waals surface area contributed by atoms with Crippen molar-refractivity contribution in [3.63, 3.8) is 0 Å². The molecular formula is C21H34N2O2. The quantitative estimate of drug-likeness (QED) is 0.727. The Morgan fingerprint density at radius 2 is 1.92 bits per heavy atom. The van der Waals surface area contributed by atoms with Crippen LogP contribution in [0.3, 0.4) is 0 Å². The number of ether oxygens (including phenoxy) is 1. The molecule has 1 aliphatic rings. The van der Waals surface area contributed by atoms with Crippen molar-refractivity contribution < 1.29 is 9.53 Å². The van der Waals surface area contributed by atoms with E-state index in [4.69, 9.17) is 4.74 Å². The van der Waals surface area contributed by atoms with E-state index in [2.05, 4.69) is 16.3 Å². The molecule has 0 aromatic heterocycles. The van der Waals surface area contributed by atoms with E-state index in [1.807, 2.05) is 32.9 Å². The molecule has 1 heterocycles. The second kappa shape index (κ2) is 10.4. The first-order chi connectivity index (χ1) is 12.1. The monoisotopic (exact) mass is 346 g/mol. The number of nitrogens with one attached hydrogen (secondary N) is 1. The van der Waals surface area contributed by atoms with Crippen molar-refractivity contribution in [2.75, 3.05) is 26.2 Å². The minimum atomic E-state index is -0.418. The number of nitrogens with zero attached hydrogens (tertiary/aromatic N) is 1. The van der Waals surface area contributed by atoms with Crippen LogP contribution in [0.2, 0.25) is 0 Å². The summed E-state index contributed by atoms with van der Waals surface area (Å²) in [5.41, 5.74) is 2.21. The third-order valence-corrected chi connectivity index (χ3v) is 4.93. The zero-order valence-electron chi connectivity index (χ0n) is 16.1. The highest BCUT2D eigenvalue weighted by Crippen LogP contribution is 2.21. The van der Waals surface area contributed by atoms with Crippen LogP contribution in [0.15, 0.2) is 18.2 Å². The fourth-order valence-electron chi connectivity index (χ4n) is 3.30. The van der Waals surface area contributed by atoms with Gasteiger partial charge in [0, 0.05) is 6.54 Å². The van der Waals surface area contributed by atoms with Gasteiger partial charge in [0.25, 0.3) is 5.91 Å². The maximum Gasteiger partial charge on any atom is 0.261 e. The Morgan fingerprint density at radius 3 is 2.60 bits per heavy atom. The summed E-state index contributed by atoms with van der Waals surface area (Å²) >= 11 is 0. The minimum absolute atomic E-state index is 0.000674. The second-order valence-corrected chi connectivity index (χ2v) is 7.18. The van der Waals surface area contributed by atoms with Crippen LogP contribution < -0.4 is 10.1 Å². The summed E-state index contributed by atoms with van der Waals surface area (Å²) in [4.78, 5) is 15.0. The van der Waals surface area contributed by atoms with E-state index in [1.54, 1.807) is 0 Å². The van der Waals surface area contributed by atoms with Gasteiger partial charge in [-0.05, 0) is 76.4 Å². The smallest absolute Gasteiger partial charge is 0.261 e. The molecule has 140 valence electrons. The summed E-state index contributed by atoms with van der Waals surface area (Å²) in [6.07, 6.45) is 6.61. The molecular weight excluding hydrogens is 312 g/mol.